The molecular formula is C16H15BrN2O3. The number of hydrogen-bond donors (Lipinski definition) is 1. The quantitative estimate of drug-likeness (QED) is 0.630. The van der Waals surface area contributed by atoms with Crippen molar-refractivity contribution in [3.63, 3.8) is 0 Å². The number of nitrogens with zero attached hydrogens (tertiary/aromatic N) is 1. The Morgan fingerprint density at radius 1 is 1.23 bits per heavy atom. The molecule has 2 aromatic carbocycles. The second-order valence-electron chi connectivity index (χ2n) is 5.12. The van der Waals surface area contributed by atoms with Gasteiger partial charge in [-0.25, -0.2) is 0 Å². The van der Waals surface area contributed by atoms with Crippen LogP contribution < -0.4 is 5.32 Å². The van der Waals surface area contributed by atoms with Gasteiger partial charge in [-0.2, -0.15) is 0 Å². The number of benzene rings is 2. The van der Waals surface area contributed by atoms with Gasteiger partial charge >= 0.3 is 0 Å². The average molecular weight is 363 g/mol. The molecule has 2 aromatic rings. The smallest absolute Gasteiger partial charge is 0.284 e. The van der Waals surface area contributed by atoms with Gasteiger partial charge in [0.1, 0.15) is 0 Å². The highest BCUT2D eigenvalue weighted by Crippen LogP contribution is 2.27. The maximum Gasteiger partial charge on any atom is 0.284 e. The summed E-state index contributed by atoms with van der Waals surface area (Å²) in [7, 11) is 0. The Morgan fingerprint density at radius 2 is 1.91 bits per heavy atom. The van der Waals surface area contributed by atoms with E-state index in [0.717, 1.165) is 5.56 Å². The van der Waals surface area contributed by atoms with E-state index in [1.54, 1.807) is 6.07 Å². The summed E-state index contributed by atoms with van der Waals surface area (Å²) in [6.07, 6.45) is 0. The van der Waals surface area contributed by atoms with E-state index in [9.17, 15) is 14.9 Å². The number of carbonyl (C=O) groups is 1. The number of nitrogens with one attached hydrogen (secondary N) is 1. The molecule has 0 saturated heterocycles. The van der Waals surface area contributed by atoms with E-state index < -0.39 is 4.92 Å². The predicted molar refractivity (Wildman–Crippen MR) is 89.3 cm³/mol. The van der Waals surface area contributed by atoms with E-state index in [-0.39, 0.29) is 23.1 Å². The standard InChI is InChI=1S/C16H15BrN2O3/c1-10(2)12-5-3-4-6-14(12)18-16(20)11-7-8-13(17)15(9-11)19(21)22/h3-10H,1-2H3,(H,18,20). The minimum atomic E-state index is -0.525. The molecule has 22 heavy (non-hydrogen) atoms. The fraction of sp³-hybridized carbons (Fsp3) is 0.188. The summed E-state index contributed by atoms with van der Waals surface area (Å²) in [5, 5.41) is 13.8. The summed E-state index contributed by atoms with van der Waals surface area (Å²) in [5.74, 6) is -0.112. The third kappa shape index (κ3) is 3.51. The summed E-state index contributed by atoms with van der Waals surface area (Å²) < 4.78 is 0.344. The van der Waals surface area contributed by atoms with Crippen LogP contribution in [0.2, 0.25) is 0 Å². The molecule has 2 rings (SSSR count). The Morgan fingerprint density at radius 3 is 2.55 bits per heavy atom. The monoisotopic (exact) mass is 362 g/mol. The van der Waals surface area contributed by atoms with Crippen LogP contribution in [0.1, 0.15) is 35.7 Å². The number of halogens is 1. The van der Waals surface area contributed by atoms with Crippen molar-refractivity contribution < 1.29 is 9.72 Å². The van der Waals surface area contributed by atoms with E-state index in [4.69, 9.17) is 0 Å². The van der Waals surface area contributed by atoms with Gasteiger partial charge in [-0.1, -0.05) is 32.0 Å². The van der Waals surface area contributed by atoms with Crippen LogP contribution in [0.15, 0.2) is 46.9 Å². The second-order valence-corrected chi connectivity index (χ2v) is 5.97. The summed E-state index contributed by atoms with van der Waals surface area (Å²) in [4.78, 5) is 22.7. The molecule has 0 radical (unpaired) electrons. The van der Waals surface area contributed by atoms with Crippen molar-refractivity contribution in [3.8, 4) is 0 Å². The first-order valence-corrected chi connectivity index (χ1v) is 7.53. The maximum atomic E-state index is 12.3. The largest absolute Gasteiger partial charge is 0.322 e. The van der Waals surface area contributed by atoms with Gasteiger partial charge in [-0.15, -0.1) is 0 Å². The number of hydrogen-bond acceptors (Lipinski definition) is 3. The zero-order valence-electron chi connectivity index (χ0n) is 12.2. The number of para-hydroxylation sites is 1. The van der Waals surface area contributed by atoms with Crippen LogP contribution in [-0.2, 0) is 0 Å². The lowest BCUT2D eigenvalue weighted by Gasteiger charge is -2.13. The Labute approximate surface area is 136 Å². The SMILES string of the molecule is CC(C)c1ccccc1NC(=O)c1ccc(Br)c([N+](=O)[O-])c1. The van der Waals surface area contributed by atoms with E-state index in [0.29, 0.717) is 10.2 Å². The zero-order chi connectivity index (χ0) is 16.3. The molecule has 5 nitrogen and oxygen atoms in total. The minimum absolute atomic E-state index is 0.134. The van der Waals surface area contributed by atoms with Gasteiger partial charge in [0.25, 0.3) is 11.6 Å². The van der Waals surface area contributed by atoms with E-state index >= 15 is 0 Å². The molecule has 6 heteroatoms. The number of anilines is 1. The van der Waals surface area contributed by atoms with Crippen molar-refractivity contribution >= 4 is 33.2 Å². The van der Waals surface area contributed by atoms with Gasteiger partial charge < -0.3 is 5.32 Å². The van der Waals surface area contributed by atoms with Gasteiger partial charge in [-0.3, -0.25) is 14.9 Å². The molecule has 0 aliphatic rings. The maximum absolute atomic E-state index is 12.3. The summed E-state index contributed by atoms with van der Waals surface area (Å²) in [5.41, 5.74) is 1.84. The summed E-state index contributed by atoms with van der Waals surface area (Å²) >= 11 is 3.10. The number of amides is 1. The molecule has 0 aliphatic heterocycles. The van der Waals surface area contributed by atoms with Crippen molar-refractivity contribution in [2.75, 3.05) is 5.32 Å². The second kappa shape index (κ2) is 6.70. The Kier molecular flexibility index (Phi) is 4.92. The summed E-state index contributed by atoms with van der Waals surface area (Å²) in [6.45, 7) is 4.07. The lowest BCUT2D eigenvalue weighted by Crippen LogP contribution is -2.14. The molecule has 0 aliphatic carbocycles. The lowest BCUT2D eigenvalue weighted by molar-refractivity contribution is -0.385. The van der Waals surface area contributed by atoms with Crippen LogP contribution in [0.4, 0.5) is 11.4 Å². The highest BCUT2D eigenvalue weighted by molar-refractivity contribution is 9.10. The fourth-order valence-electron chi connectivity index (χ4n) is 2.10. The molecule has 1 N–H and O–H groups in total. The highest BCUT2D eigenvalue weighted by atomic mass is 79.9. The van der Waals surface area contributed by atoms with Crippen LogP contribution in [0.5, 0.6) is 0 Å². The first-order valence-electron chi connectivity index (χ1n) is 6.74. The van der Waals surface area contributed by atoms with Crippen LogP contribution in [0.3, 0.4) is 0 Å². The Bertz CT molecular complexity index is 729. The number of carbonyl (C=O) groups excluding carboxylic acids is 1. The first-order chi connectivity index (χ1) is 10.4. The first kappa shape index (κ1) is 16.2. The number of nitro groups is 1. The minimum Gasteiger partial charge on any atom is -0.322 e. The molecule has 0 heterocycles. The molecule has 0 bridgehead atoms. The van der Waals surface area contributed by atoms with Gasteiger partial charge in [0, 0.05) is 17.3 Å². The molecule has 0 fully saturated rings. The molecule has 114 valence electrons. The van der Waals surface area contributed by atoms with Gasteiger partial charge in [0.15, 0.2) is 0 Å². The lowest BCUT2D eigenvalue weighted by atomic mass is 10.0. The molecule has 0 saturated carbocycles. The Hall–Kier alpha value is -2.21. The van der Waals surface area contributed by atoms with Crippen LogP contribution in [-0.4, -0.2) is 10.8 Å². The average Bonchev–Trinajstić information content (AvgIpc) is 2.47. The number of nitro benzene ring substituents is 1. The van der Waals surface area contributed by atoms with Gasteiger partial charge in [0.2, 0.25) is 0 Å². The van der Waals surface area contributed by atoms with E-state index in [2.05, 4.69) is 21.2 Å². The third-order valence-electron chi connectivity index (χ3n) is 3.24. The number of rotatable bonds is 4. The van der Waals surface area contributed by atoms with Gasteiger partial charge in [-0.05, 0) is 45.6 Å². The van der Waals surface area contributed by atoms with E-state index in [1.165, 1.54) is 12.1 Å². The highest BCUT2D eigenvalue weighted by Gasteiger charge is 2.17. The predicted octanol–water partition coefficient (Wildman–Crippen LogP) is 4.73. The van der Waals surface area contributed by atoms with Crippen molar-refractivity contribution in [3.05, 3.63) is 68.2 Å². The van der Waals surface area contributed by atoms with Crippen molar-refractivity contribution in [1.29, 1.82) is 0 Å². The molecule has 0 aromatic heterocycles. The Balaban J connectivity index is 2.31. The normalized spacial score (nSPS) is 10.5. The van der Waals surface area contributed by atoms with Crippen LogP contribution in [0.25, 0.3) is 0 Å². The summed E-state index contributed by atoms with van der Waals surface area (Å²) in [6, 6.07) is 11.8. The topological polar surface area (TPSA) is 72.2 Å². The molecule has 0 spiro atoms. The van der Waals surface area contributed by atoms with E-state index in [1.807, 2.05) is 38.1 Å². The molecular weight excluding hydrogens is 348 g/mol. The fourth-order valence-corrected chi connectivity index (χ4v) is 2.49. The van der Waals surface area contributed by atoms with Crippen LogP contribution >= 0.6 is 15.9 Å². The third-order valence-corrected chi connectivity index (χ3v) is 3.91. The molecule has 0 unspecified atom stereocenters. The van der Waals surface area contributed by atoms with Crippen molar-refractivity contribution in [2.45, 2.75) is 19.8 Å². The van der Waals surface area contributed by atoms with Crippen molar-refractivity contribution in [2.24, 2.45) is 0 Å². The molecule has 1 amide bonds. The van der Waals surface area contributed by atoms with Crippen LogP contribution in [0, 0.1) is 10.1 Å². The molecule has 0 atom stereocenters. The van der Waals surface area contributed by atoms with Gasteiger partial charge in [0.05, 0.1) is 9.40 Å². The van der Waals surface area contributed by atoms with Crippen molar-refractivity contribution in [1.82, 2.24) is 0 Å². The zero-order valence-corrected chi connectivity index (χ0v) is 13.8.